The van der Waals surface area contributed by atoms with Crippen molar-refractivity contribution in [3.8, 4) is 5.75 Å². The first-order valence-electron chi connectivity index (χ1n) is 7.19. The van der Waals surface area contributed by atoms with E-state index in [9.17, 15) is 15.2 Å². The van der Waals surface area contributed by atoms with Crippen LogP contribution in [-0.4, -0.2) is 34.0 Å². The number of nitro groups is 1. The van der Waals surface area contributed by atoms with Gasteiger partial charge in [-0.1, -0.05) is 18.2 Å². The van der Waals surface area contributed by atoms with Crippen molar-refractivity contribution in [3.63, 3.8) is 0 Å². The number of phenolic OH excluding ortho intramolecular Hbond substituents is 1. The van der Waals surface area contributed by atoms with Crippen LogP contribution in [0.25, 0.3) is 10.9 Å². The first-order valence-corrected chi connectivity index (χ1v) is 7.19. The smallest absolute Gasteiger partial charge is 0.270 e. The fourth-order valence-electron chi connectivity index (χ4n) is 2.92. The summed E-state index contributed by atoms with van der Waals surface area (Å²) in [7, 11) is 3.76. The van der Waals surface area contributed by atoms with Crippen molar-refractivity contribution < 1.29 is 10.0 Å². The molecule has 23 heavy (non-hydrogen) atoms. The van der Waals surface area contributed by atoms with Crippen LogP contribution in [0.2, 0.25) is 0 Å². The number of nitrogens with one attached hydrogen (secondary N) is 1. The zero-order chi connectivity index (χ0) is 16.6. The Bertz CT molecular complexity index is 870. The van der Waals surface area contributed by atoms with E-state index in [4.69, 9.17) is 0 Å². The largest absolute Gasteiger partial charge is 0.508 e. The van der Waals surface area contributed by atoms with Crippen LogP contribution in [0.4, 0.5) is 5.69 Å². The van der Waals surface area contributed by atoms with E-state index in [0.717, 1.165) is 16.5 Å². The maximum Gasteiger partial charge on any atom is 0.270 e. The number of H-pyrrole nitrogens is 1. The number of nitro benzene ring substituents is 1. The summed E-state index contributed by atoms with van der Waals surface area (Å²) >= 11 is 0. The summed E-state index contributed by atoms with van der Waals surface area (Å²) in [6.07, 6.45) is 1.88. The number of phenols is 1. The van der Waals surface area contributed by atoms with Crippen LogP contribution >= 0.6 is 0 Å². The Labute approximate surface area is 133 Å². The molecule has 118 valence electrons. The molecule has 1 aromatic heterocycles. The van der Waals surface area contributed by atoms with E-state index in [1.165, 1.54) is 18.2 Å². The summed E-state index contributed by atoms with van der Waals surface area (Å²) in [6, 6.07) is 11.7. The van der Waals surface area contributed by atoms with Gasteiger partial charge in [0.25, 0.3) is 5.69 Å². The average Bonchev–Trinajstić information content (AvgIpc) is 2.93. The van der Waals surface area contributed by atoms with Gasteiger partial charge in [-0.25, -0.2) is 0 Å². The third-order valence-electron chi connectivity index (χ3n) is 3.95. The van der Waals surface area contributed by atoms with Crippen molar-refractivity contribution >= 4 is 16.6 Å². The Morgan fingerprint density at radius 2 is 1.91 bits per heavy atom. The van der Waals surface area contributed by atoms with E-state index in [1.54, 1.807) is 0 Å². The Morgan fingerprint density at radius 3 is 2.61 bits per heavy atom. The molecule has 6 heteroatoms. The predicted octanol–water partition coefficient (Wildman–Crippen LogP) is 3.43. The number of benzene rings is 2. The van der Waals surface area contributed by atoms with Crippen molar-refractivity contribution in [1.82, 2.24) is 9.88 Å². The van der Waals surface area contributed by atoms with Gasteiger partial charge in [0.2, 0.25) is 0 Å². The number of non-ortho nitro benzene ring substituents is 1. The molecule has 2 aromatic carbocycles. The Balaban J connectivity index is 2.20. The SMILES string of the molecule is CN(C)C(c1cc([N+](=O)[O-])ccc1O)c1c[nH]c2ccccc12. The number of aromatic amines is 1. The number of aromatic nitrogens is 1. The second kappa shape index (κ2) is 5.73. The molecule has 0 radical (unpaired) electrons. The molecule has 0 amide bonds. The number of hydrogen-bond acceptors (Lipinski definition) is 4. The monoisotopic (exact) mass is 311 g/mol. The van der Waals surface area contributed by atoms with Gasteiger partial charge in [-0.15, -0.1) is 0 Å². The Morgan fingerprint density at radius 1 is 1.17 bits per heavy atom. The minimum absolute atomic E-state index is 0.0375. The molecule has 1 unspecified atom stereocenters. The minimum atomic E-state index is -0.453. The molecule has 2 N–H and O–H groups in total. The van der Waals surface area contributed by atoms with Crippen LogP contribution in [-0.2, 0) is 0 Å². The topological polar surface area (TPSA) is 82.4 Å². The highest BCUT2D eigenvalue weighted by Crippen LogP contribution is 2.38. The molecule has 3 aromatic rings. The van der Waals surface area contributed by atoms with Crippen LogP contribution in [0.3, 0.4) is 0 Å². The van der Waals surface area contributed by atoms with E-state index >= 15 is 0 Å². The number of nitrogens with zero attached hydrogens (tertiary/aromatic N) is 2. The summed E-state index contributed by atoms with van der Waals surface area (Å²) in [5, 5.41) is 22.3. The van der Waals surface area contributed by atoms with Gasteiger partial charge < -0.3 is 10.1 Å². The van der Waals surface area contributed by atoms with Crippen LogP contribution in [0.5, 0.6) is 5.75 Å². The van der Waals surface area contributed by atoms with Gasteiger partial charge in [0.05, 0.1) is 11.0 Å². The van der Waals surface area contributed by atoms with Gasteiger partial charge in [-0.05, 0) is 31.8 Å². The minimum Gasteiger partial charge on any atom is -0.508 e. The Hall–Kier alpha value is -2.86. The molecule has 0 spiro atoms. The van der Waals surface area contributed by atoms with Gasteiger partial charge in [-0.3, -0.25) is 15.0 Å². The standard InChI is InChI=1S/C17H17N3O3/c1-19(2)17(13-9-11(20(22)23)7-8-16(13)21)14-10-18-15-6-4-3-5-12(14)15/h3-10,17-18,21H,1-2H3. The van der Waals surface area contributed by atoms with Crippen molar-refractivity contribution in [2.75, 3.05) is 14.1 Å². The van der Waals surface area contributed by atoms with E-state index < -0.39 is 4.92 Å². The molecular formula is C17H17N3O3. The fourth-order valence-corrected chi connectivity index (χ4v) is 2.92. The molecular weight excluding hydrogens is 294 g/mol. The first-order chi connectivity index (χ1) is 11.0. The van der Waals surface area contributed by atoms with E-state index in [1.807, 2.05) is 49.5 Å². The fraction of sp³-hybridized carbons (Fsp3) is 0.176. The molecule has 1 heterocycles. The molecule has 0 saturated heterocycles. The van der Waals surface area contributed by atoms with Gasteiger partial charge in [0.1, 0.15) is 5.75 Å². The summed E-state index contributed by atoms with van der Waals surface area (Å²) in [5.74, 6) is 0.0413. The van der Waals surface area contributed by atoms with E-state index in [2.05, 4.69) is 4.98 Å². The van der Waals surface area contributed by atoms with Crippen LogP contribution in [0, 0.1) is 10.1 Å². The highest BCUT2D eigenvalue weighted by Gasteiger charge is 2.25. The Kier molecular flexibility index (Phi) is 3.75. The molecule has 0 aliphatic heterocycles. The molecule has 0 bridgehead atoms. The number of para-hydroxylation sites is 1. The molecule has 0 aliphatic rings. The van der Waals surface area contributed by atoms with Crippen molar-refractivity contribution in [3.05, 3.63) is 69.9 Å². The highest BCUT2D eigenvalue weighted by molar-refractivity contribution is 5.84. The molecule has 1 atom stereocenters. The van der Waals surface area contributed by atoms with Crippen LogP contribution in [0.15, 0.2) is 48.7 Å². The normalized spacial score (nSPS) is 12.7. The number of rotatable bonds is 4. The summed E-state index contributed by atoms with van der Waals surface area (Å²) in [5.41, 5.74) is 2.42. The average molecular weight is 311 g/mol. The molecule has 0 fully saturated rings. The molecule has 0 aliphatic carbocycles. The van der Waals surface area contributed by atoms with Gasteiger partial charge >= 0.3 is 0 Å². The molecule has 3 rings (SSSR count). The van der Waals surface area contributed by atoms with E-state index in [0.29, 0.717) is 5.56 Å². The maximum atomic E-state index is 11.1. The molecule has 6 nitrogen and oxygen atoms in total. The zero-order valence-electron chi connectivity index (χ0n) is 12.9. The van der Waals surface area contributed by atoms with Gasteiger partial charge in [0, 0.05) is 34.8 Å². The lowest BCUT2D eigenvalue weighted by atomic mass is 9.96. The quantitative estimate of drug-likeness (QED) is 0.571. The third-order valence-corrected chi connectivity index (χ3v) is 3.95. The van der Waals surface area contributed by atoms with E-state index in [-0.39, 0.29) is 17.5 Å². The number of aromatic hydroxyl groups is 1. The van der Waals surface area contributed by atoms with Crippen LogP contribution in [0.1, 0.15) is 17.2 Å². The second-order valence-electron chi connectivity index (χ2n) is 5.66. The second-order valence-corrected chi connectivity index (χ2v) is 5.66. The summed E-state index contributed by atoms with van der Waals surface area (Å²) in [4.78, 5) is 15.7. The number of fused-ring (bicyclic) bond motifs is 1. The van der Waals surface area contributed by atoms with Gasteiger partial charge in [-0.2, -0.15) is 0 Å². The summed E-state index contributed by atoms with van der Waals surface area (Å²) in [6.45, 7) is 0. The van der Waals surface area contributed by atoms with Crippen LogP contribution < -0.4 is 0 Å². The number of hydrogen-bond donors (Lipinski definition) is 2. The first kappa shape index (κ1) is 15.1. The highest BCUT2D eigenvalue weighted by atomic mass is 16.6. The predicted molar refractivity (Wildman–Crippen MR) is 88.6 cm³/mol. The molecule has 0 saturated carbocycles. The third kappa shape index (κ3) is 2.64. The lowest BCUT2D eigenvalue weighted by molar-refractivity contribution is -0.385. The maximum absolute atomic E-state index is 11.1. The lowest BCUT2D eigenvalue weighted by Crippen LogP contribution is -2.21. The summed E-state index contributed by atoms with van der Waals surface area (Å²) < 4.78 is 0. The van der Waals surface area contributed by atoms with Gasteiger partial charge in [0.15, 0.2) is 0 Å². The lowest BCUT2D eigenvalue weighted by Gasteiger charge is -2.25. The van der Waals surface area contributed by atoms with Crippen molar-refractivity contribution in [2.45, 2.75) is 6.04 Å². The van der Waals surface area contributed by atoms with Crippen molar-refractivity contribution in [1.29, 1.82) is 0 Å². The zero-order valence-corrected chi connectivity index (χ0v) is 12.9. The van der Waals surface area contributed by atoms with Crippen molar-refractivity contribution in [2.24, 2.45) is 0 Å².